The largest absolute Gasteiger partial charge is 0.379 e. The Labute approximate surface area is 134 Å². The van der Waals surface area contributed by atoms with Crippen molar-refractivity contribution in [1.82, 2.24) is 15.5 Å². The van der Waals surface area contributed by atoms with Crippen molar-refractivity contribution in [1.29, 1.82) is 0 Å². The molecule has 1 atom stereocenters. The van der Waals surface area contributed by atoms with Gasteiger partial charge in [0.1, 0.15) is 0 Å². The lowest BCUT2D eigenvalue weighted by atomic mass is 9.90. The molecule has 22 heavy (non-hydrogen) atoms. The number of rotatable bonds is 6. The van der Waals surface area contributed by atoms with Gasteiger partial charge >= 0.3 is 0 Å². The number of ether oxygens (including phenoxy) is 1. The fraction of sp³-hybridized carbons (Fsp3) is 0.941. The highest BCUT2D eigenvalue weighted by atomic mass is 16.5. The van der Waals surface area contributed by atoms with Crippen LogP contribution < -0.4 is 10.6 Å². The van der Waals surface area contributed by atoms with Gasteiger partial charge in [0.15, 0.2) is 0 Å². The lowest BCUT2D eigenvalue weighted by molar-refractivity contribution is -0.125. The highest BCUT2D eigenvalue weighted by molar-refractivity contribution is 5.77. The van der Waals surface area contributed by atoms with Crippen LogP contribution in [0.4, 0.5) is 0 Å². The summed E-state index contributed by atoms with van der Waals surface area (Å²) >= 11 is 0. The van der Waals surface area contributed by atoms with Gasteiger partial charge in [-0.05, 0) is 44.7 Å². The van der Waals surface area contributed by atoms with Gasteiger partial charge in [0, 0.05) is 31.6 Å². The molecule has 1 amide bonds. The molecule has 0 aromatic heterocycles. The average molecular weight is 309 g/mol. The molecule has 1 unspecified atom stereocenters. The van der Waals surface area contributed by atoms with Gasteiger partial charge in [0.2, 0.25) is 5.91 Å². The summed E-state index contributed by atoms with van der Waals surface area (Å²) in [4.78, 5) is 15.0. The van der Waals surface area contributed by atoms with E-state index in [1.165, 1.54) is 32.1 Å². The van der Waals surface area contributed by atoms with Crippen LogP contribution >= 0.6 is 0 Å². The molecule has 2 heterocycles. The van der Waals surface area contributed by atoms with Gasteiger partial charge in [0.25, 0.3) is 0 Å². The van der Waals surface area contributed by atoms with E-state index in [1.807, 2.05) is 0 Å². The Kier molecular flexibility index (Phi) is 5.71. The molecule has 3 rings (SSSR count). The van der Waals surface area contributed by atoms with E-state index >= 15 is 0 Å². The predicted molar refractivity (Wildman–Crippen MR) is 86.8 cm³/mol. The van der Waals surface area contributed by atoms with Crippen LogP contribution in [0.2, 0.25) is 0 Å². The third kappa shape index (κ3) is 4.00. The van der Waals surface area contributed by atoms with Gasteiger partial charge in [-0.15, -0.1) is 0 Å². The Morgan fingerprint density at radius 2 is 2.05 bits per heavy atom. The number of hydrogen-bond acceptors (Lipinski definition) is 4. The van der Waals surface area contributed by atoms with E-state index in [2.05, 4.69) is 15.5 Å². The Morgan fingerprint density at radius 3 is 2.73 bits per heavy atom. The molecule has 2 saturated heterocycles. The molecule has 0 radical (unpaired) electrons. The number of carbonyl (C=O) groups excluding carboxylic acids is 1. The molecule has 5 heteroatoms. The van der Waals surface area contributed by atoms with Crippen molar-refractivity contribution in [2.75, 3.05) is 45.9 Å². The first-order valence-corrected chi connectivity index (χ1v) is 9.09. The minimum Gasteiger partial charge on any atom is -0.379 e. The van der Waals surface area contributed by atoms with Gasteiger partial charge in [-0.25, -0.2) is 0 Å². The van der Waals surface area contributed by atoms with Crippen molar-refractivity contribution in [2.24, 2.45) is 5.92 Å². The first kappa shape index (κ1) is 16.2. The summed E-state index contributed by atoms with van der Waals surface area (Å²) in [6.07, 6.45) is 7.92. The summed E-state index contributed by atoms with van der Waals surface area (Å²) in [5.74, 6) is 0.999. The molecule has 1 saturated carbocycles. The van der Waals surface area contributed by atoms with Gasteiger partial charge in [-0.2, -0.15) is 0 Å². The molecule has 0 spiro atoms. The fourth-order valence-electron chi connectivity index (χ4n) is 4.41. The second-order valence-electron chi connectivity index (χ2n) is 7.21. The van der Waals surface area contributed by atoms with E-state index < -0.39 is 0 Å². The maximum atomic E-state index is 12.4. The average Bonchev–Trinajstić information content (AvgIpc) is 3.21. The van der Waals surface area contributed by atoms with Crippen molar-refractivity contribution in [3.8, 4) is 0 Å². The van der Waals surface area contributed by atoms with Crippen molar-refractivity contribution in [3.05, 3.63) is 0 Å². The summed E-state index contributed by atoms with van der Waals surface area (Å²) < 4.78 is 5.48. The van der Waals surface area contributed by atoms with Gasteiger partial charge in [0.05, 0.1) is 13.2 Å². The van der Waals surface area contributed by atoms with Crippen LogP contribution in [0, 0.1) is 5.92 Å². The van der Waals surface area contributed by atoms with Crippen LogP contribution in [0.3, 0.4) is 0 Å². The third-order valence-corrected chi connectivity index (χ3v) is 5.74. The van der Waals surface area contributed by atoms with Crippen molar-refractivity contribution in [2.45, 2.75) is 50.5 Å². The third-order valence-electron chi connectivity index (χ3n) is 5.74. The topological polar surface area (TPSA) is 53.6 Å². The van der Waals surface area contributed by atoms with E-state index in [0.717, 1.165) is 58.3 Å². The summed E-state index contributed by atoms with van der Waals surface area (Å²) in [6.45, 7) is 6.70. The van der Waals surface area contributed by atoms with E-state index in [0.29, 0.717) is 6.42 Å². The van der Waals surface area contributed by atoms with Crippen LogP contribution in [0.25, 0.3) is 0 Å². The molecular weight excluding hydrogens is 278 g/mol. The van der Waals surface area contributed by atoms with E-state index in [-0.39, 0.29) is 11.4 Å². The number of hydrogen-bond donors (Lipinski definition) is 2. The molecular formula is C17H31N3O2. The van der Waals surface area contributed by atoms with Crippen molar-refractivity contribution >= 4 is 5.91 Å². The summed E-state index contributed by atoms with van der Waals surface area (Å²) in [6, 6.07) is 0. The zero-order chi connectivity index (χ0) is 15.3. The normalized spacial score (nSPS) is 28.8. The molecule has 3 fully saturated rings. The quantitative estimate of drug-likeness (QED) is 0.772. The number of nitrogens with zero attached hydrogens (tertiary/aromatic N) is 1. The van der Waals surface area contributed by atoms with Crippen LogP contribution in [0.5, 0.6) is 0 Å². The van der Waals surface area contributed by atoms with Gasteiger partial charge in [-0.1, -0.05) is 12.8 Å². The number of carbonyl (C=O) groups is 1. The molecule has 0 aromatic rings. The molecule has 2 aliphatic heterocycles. The molecule has 1 aliphatic carbocycles. The van der Waals surface area contributed by atoms with Crippen LogP contribution in [-0.2, 0) is 9.53 Å². The van der Waals surface area contributed by atoms with Crippen molar-refractivity contribution in [3.63, 3.8) is 0 Å². The minimum absolute atomic E-state index is 0.114. The van der Waals surface area contributed by atoms with Gasteiger partial charge in [-0.3, -0.25) is 9.69 Å². The second kappa shape index (κ2) is 7.75. The van der Waals surface area contributed by atoms with E-state index in [4.69, 9.17) is 4.74 Å². The zero-order valence-electron chi connectivity index (χ0n) is 13.7. The molecule has 0 aromatic carbocycles. The molecule has 126 valence electrons. The molecule has 0 bridgehead atoms. The summed E-state index contributed by atoms with van der Waals surface area (Å²) in [5.41, 5.74) is 0.114. The standard InChI is InChI=1S/C17H31N3O2/c21-16(19-8-4-15-3-7-18-14-15)13-17(5-1-2-6-17)20-9-11-22-12-10-20/h15,18H,1-14H2,(H,19,21). The van der Waals surface area contributed by atoms with E-state index in [9.17, 15) is 4.79 Å². The summed E-state index contributed by atoms with van der Waals surface area (Å²) in [5, 5.41) is 6.56. The Bertz CT molecular complexity index is 357. The Morgan fingerprint density at radius 1 is 1.27 bits per heavy atom. The predicted octanol–water partition coefficient (Wildman–Crippen LogP) is 1.14. The lowest BCUT2D eigenvalue weighted by Crippen LogP contribution is -2.54. The second-order valence-corrected chi connectivity index (χ2v) is 7.21. The lowest BCUT2D eigenvalue weighted by Gasteiger charge is -2.43. The molecule has 2 N–H and O–H groups in total. The van der Waals surface area contributed by atoms with Crippen LogP contribution in [0.15, 0.2) is 0 Å². The van der Waals surface area contributed by atoms with Crippen LogP contribution in [0.1, 0.15) is 44.9 Å². The highest BCUT2D eigenvalue weighted by Gasteiger charge is 2.41. The Balaban J connectivity index is 1.46. The van der Waals surface area contributed by atoms with Crippen molar-refractivity contribution < 1.29 is 9.53 Å². The maximum Gasteiger partial charge on any atom is 0.221 e. The first-order valence-electron chi connectivity index (χ1n) is 9.09. The van der Waals surface area contributed by atoms with E-state index in [1.54, 1.807) is 0 Å². The molecule has 5 nitrogen and oxygen atoms in total. The monoisotopic (exact) mass is 309 g/mol. The maximum absolute atomic E-state index is 12.4. The molecule has 3 aliphatic rings. The SMILES string of the molecule is O=C(CC1(N2CCOCC2)CCCC1)NCCC1CCNC1. The van der Waals surface area contributed by atoms with Crippen LogP contribution in [-0.4, -0.2) is 62.3 Å². The zero-order valence-corrected chi connectivity index (χ0v) is 13.7. The number of nitrogens with one attached hydrogen (secondary N) is 2. The summed E-state index contributed by atoms with van der Waals surface area (Å²) in [7, 11) is 0. The minimum atomic E-state index is 0.114. The highest BCUT2D eigenvalue weighted by Crippen LogP contribution is 2.38. The van der Waals surface area contributed by atoms with Gasteiger partial charge < -0.3 is 15.4 Å². The number of morpholine rings is 1. The fourth-order valence-corrected chi connectivity index (χ4v) is 4.41. The first-order chi connectivity index (χ1) is 10.8. The smallest absolute Gasteiger partial charge is 0.221 e. The number of amides is 1. The Hall–Kier alpha value is -0.650.